The minimum absolute atomic E-state index is 0.0583. The predicted octanol–water partition coefficient (Wildman–Crippen LogP) is 3.44. The number of piperidine rings is 1. The number of hydrogen-bond acceptors (Lipinski definition) is 3. The van der Waals surface area contributed by atoms with Gasteiger partial charge in [0.2, 0.25) is 0 Å². The molecule has 3 atom stereocenters. The maximum atomic E-state index is 13.1. The molecular weight excluding hydrogens is 272 g/mol. The Morgan fingerprint density at radius 2 is 2.18 bits per heavy atom. The molecule has 1 fully saturated rings. The van der Waals surface area contributed by atoms with Crippen molar-refractivity contribution in [2.45, 2.75) is 12.5 Å². The van der Waals surface area contributed by atoms with E-state index in [0.29, 0.717) is 11.8 Å². The summed E-state index contributed by atoms with van der Waals surface area (Å²) in [6, 6.07) is 9.64. The fourth-order valence-corrected chi connectivity index (χ4v) is 3.68. The number of carbonyl (C=O) groups excluding carboxylic acids is 1. The molecular formula is C19H18N2O. The molecule has 4 heterocycles. The van der Waals surface area contributed by atoms with Crippen LogP contribution in [-0.2, 0) is 0 Å². The lowest BCUT2D eigenvalue weighted by Crippen LogP contribution is -2.50. The molecule has 5 rings (SSSR count). The van der Waals surface area contributed by atoms with Gasteiger partial charge in [-0.15, -0.1) is 6.58 Å². The Labute approximate surface area is 130 Å². The van der Waals surface area contributed by atoms with Gasteiger partial charge in [-0.1, -0.05) is 30.4 Å². The zero-order chi connectivity index (χ0) is 15.1. The third kappa shape index (κ3) is 1.97. The molecule has 0 aliphatic carbocycles. The summed E-state index contributed by atoms with van der Waals surface area (Å²) in [4.78, 5) is 19.6. The van der Waals surface area contributed by atoms with E-state index in [1.165, 1.54) is 0 Å². The highest BCUT2D eigenvalue weighted by molar-refractivity contribution is 6.09. The van der Waals surface area contributed by atoms with Crippen molar-refractivity contribution in [1.82, 2.24) is 9.88 Å². The van der Waals surface area contributed by atoms with Gasteiger partial charge in [0.25, 0.3) is 0 Å². The highest BCUT2D eigenvalue weighted by atomic mass is 16.1. The van der Waals surface area contributed by atoms with Gasteiger partial charge in [-0.05, 0) is 30.7 Å². The third-order valence-electron chi connectivity index (χ3n) is 4.91. The predicted molar refractivity (Wildman–Crippen MR) is 87.5 cm³/mol. The van der Waals surface area contributed by atoms with Crippen LogP contribution in [0.15, 0.2) is 61.5 Å². The Morgan fingerprint density at radius 3 is 2.95 bits per heavy atom. The molecule has 1 aromatic heterocycles. The van der Waals surface area contributed by atoms with Crippen LogP contribution >= 0.6 is 0 Å². The zero-order valence-electron chi connectivity index (χ0n) is 12.4. The van der Waals surface area contributed by atoms with Gasteiger partial charge in [-0.2, -0.15) is 0 Å². The normalized spacial score (nSPS) is 26.4. The molecule has 0 spiro atoms. The summed E-state index contributed by atoms with van der Waals surface area (Å²) < 4.78 is 0. The van der Waals surface area contributed by atoms with E-state index in [1.54, 1.807) is 6.20 Å². The van der Waals surface area contributed by atoms with E-state index < -0.39 is 0 Å². The number of allylic oxidation sites excluding steroid dienone is 1. The van der Waals surface area contributed by atoms with E-state index in [1.807, 2.05) is 36.4 Å². The summed E-state index contributed by atoms with van der Waals surface area (Å²) >= 11 is 0. The summed E-state index contributed by atoms with van der Waals surface area (Å²) in [7, 11) is 0. The standard InChI is InChI=1S/C19H18N2O/c1-2-13-12-21-10-8-14(13)11-18(21)19(22)16-7-9-20-17-6-4-3-5-15(16)17/h2-10,13-14,18H,1,11-12H2/t13?,14-,18-/m0/s1. The number of hydrogen-bond donors (Lipinski definition) is 0. The van der Waals surface area contributed by atoms with Gasteiger partial charge < -0.3 is 4.90 Å². The molecule has 2 bridgehead atoms. The van der Waals surface area contributed by atoms with E-state index in [2.05, 4.69) is 28.7 Å². The number of fused-ring (bicyclic) bond motifs is 3. The van der Waals surface area contributed by atoms with Gasteiger partial charge in [-0.25, -0.2) is 0 Å². The molecule has 0 saturated carbocycles. The van der Waals surface area contributed by atoms with Crippen molar-refractivity contribution in [2.75, 3.05) is 6.54 Å². The maximum Gasteiger partial charge on any atom is 0.185 e. The minimum Gasteiger partial charge on any atom is -0.367 e. The van der Waals surface area contributed by atoms with Crippen molar-refractivity contribution < 1.29 is 4.79 Å². The zero-order valence-corrected chi connectivity index (χ0v) is 12.4. The Balaban J connectivity index is 1.71. The number of pyridine rings is 1. The molecule has 0 N–H and O–H groups in total. The second kappa shape index (κ2) is 5.09. The van der Waals surface area contributed by atoms with Crippen molar-refractivity contribution in [2.24, 2.45) is 11.8 Å². The number of Topliss-reactive ketones (excluding diaryl/α,β-unsaturated/α-hetero) is 1. The van der Waals surface area contributed by atoms with Crippen LogP contribution in [0.1, 0.15) is 16.8 Å². The van der Waals surface area contributed by atoms with Crippen LogP contribution in [0.4, 0.5) is 0 Å². The van der Waals surface area contributed by atoms with Crippen molar-refractivity contribution in [3.05, 3.63) is 67.0 Å². The van der Waals surface area contributed by atoms with E-state index in [9.17, 15) is 4.79 Å². The van der Waals surface area contributed by atoms with Crippen LogP contribution in [0.2, 0.25) is 0 Å². The highest BCUT2D eigenvalue weighted by Crippen LogP contribution is 2.36. The molecule has 1 aromatic carbocycles. The van der Waals surface area contributed by atoms with E-state index in [-0.39, 0.29) is 11.8 Å². The lowest BCUT2D eigenvalue weighted by atomic mass is 9.77. The van der Waals surface area contributed by atoms with Crippen LogP contribution in [0, 0.1) is 11.8 Å². The fraction of sp³-hybridized carbons (Fsp3) is 0.263. The second-order valence-electron chi connectivity index (χ2n) is 6.09. The number of rotatable bonds is 3. The molecule has 22 heavy (non-hydrogen) atoms. The van der Waals surface area contributed by atoms with Crippen molar-refractivity contribution >= 4 is 16.7 Å². The van der Waals surface area contributed by atoms with E-state index >= 15 is 0 Å². The number of nitrogens with zero attached hydrogens (tertiary/aromatic N) is 2. The molecule has 0 radical (unpaired) electrons. The van der Waals surface area contributed by atoms with Crippen molar-refractivity contribution in [3.8, 4) is 0 Å². The van der Waals surface area contributed by atoms with Crippen molar-refractivity contribution in [3.63, 3.8) is 0 Å². The molecule has 2 aromatic rings. The van der Waals surface area contributed by atoms with Gasteiger partial charge in [0.1, 0.15) is 0 Å². The first-order valence-electron chi connectivity index (χ1n) is 7.72. The van der Waals surface area contributed by atoms with E-state index in [0.717, 1.165) is 29.4 Å². The summed E-state index contributed by atoms with van der Waals surface area (Å²) in [5.74, 6) is 1.10. The van der Waals surface area contributed by atoms with Crippen LogP contribution in [0.5, 0.6) is 0 Å². The first kappa shape index (κ1) is 13.3. The lowest BCUT2D eigenvalue weighted by Gasteiger charge is -2.45. The molecule has 3 aliphatic rings. The number of ketones is 1. The van der Waals surface area contributed by atoms with Gasteiger partial charge in [0.05, 0.1) is 11.6 Å². The average molecular weight is 290 g/mol. The summed E-state index contributed by atoms with van der Waals surface area (Å²) in [5.41, 5.74) is 1.66. The van der Waals surface area contributed by atoms with E-state index in [4.69, 9.17) is 0 Å². The topological polar surface area (TPSA) is 33.2 Å². The summed E-state index contributed by atoms with van der Waals surface area (Å²) in [6.07, 6.45) is 8.92. The number of para-hydroxylation sites is 1. The Kier molecular flexibility index (Phi) is 3.07. The second-order valence-corrected chi connectivity index (χ2v) is 6.09. The van der Waals surface area contributed by atoms with Gasteiger partial charge in [-0.3, -0.25) is 9.78 Å². The Bertz CT molecular complexity index is 775. The summed E-state index contributed by atoms with van der Waals surface area (Å²) in [5, 5.41) is 0.946. The Morgan fingerprint density at radius 1 is 1.32 bits per heavy atom. The number of benzene rings is 1. The first-order valence-corrected chi connectivity index (χ1v) is 7.72. The quantitative estimate of drug-likeness (QED) is 0.641. The van der Waals surface area contributed by atoms with Gasteiger partial charge >= 0.3 is 0 Å². The van der Waals surface area contributed by atoms with Crippen LogP contribution in [-0.4, -0.2) is 28.3 Å². The largest absolute Gasteiger partial charge is 0.367 e. The lowest BCUT2D eigenvalue weighted by molar-refractivity contribution is 0.0709. The number of carbonyl (C=O) groups is 1. The van der Waals surface area contributed by atoms with Gasteiger partial charge in [0, 0.05) is 29.6 Å². The van der Waals surface area contributed by atoms with Crippen LogP contribution < -0.4 is 0 Å². The van der Waals surface area contributed by atoms with Crippen LogP contribution in [0.25, 0.3) is 10.9 Å². The molecule has 1 saturated heterocycles. The molecule has 3 nitrogen and oxygen atoms in total. The SMILES string of the molecule is C=CC1CN2C=C[C@H]1C[C@H]2C(=O)c1ccnc2ccccc12. The molecule has 1 unspecified atom stereocenters. The minimum atomic E-state index is -0.0583. The fourth-order valence-electron chi connectivity index (χ4n) is 3.68. The Hall–Kier alpha value is -2.42. The molecule has 0 amide bonds. The maximum absolute atomic E-state index is 13.1. The monoisotopic (exact) mass is 290 g/mol. The molecule has 3 heteroatoms. The highest BCUT2D eigenvalue weighted by Gasteiger charge is 2.39. The smallest absolute Gasteiger partial charge is 0.185 e. The number of aromatic nitrogens is 1. The average Bonchev–Trinajstić information content (AvgIpc) is 2.60. The molecule has 3 aliphatic heterocycles. The molecule has 110 valence electrons. The van der Waals surface area contributed by atoms with Crippen molar-refractivity contribution in [1.29, 1.82) is 0 Å². The summed E-state index contributed by atoms with van der Waals surface area (Å²) in [6.45, 7) is 4.81. The third-order valence-corrected chi connectivity index (χ3v) is 4.91. The van der Waals surface area contributed by atoms with Crippen LogP contribution in [0.3, 0.4) is 0 Å². The van der Waals surface area contributed by atoms with Gasteiger partial charge in [0.15, 0.2) is 5.78 Å². The first-order chi connectivity index (χ1) is 10.8.